The van der Waals surface area contributed by atoms with E-state index in [4.69, 9.17) is 11.6 Å². The van der Waals surface area contributed by atoms with E-state index < -0.39 is 10.0 Å². The van der Waals surface area contributed by atoms with Gasteiger partial charge in [-0.2, -0.15) is 0 Å². The number of para-hydroxylation sites is 2. The Kier molecular flexibility index (Phi) is 3.78. The molecule has 1 N–H and O–H groups in total. The van der Waals surface area contributed by atoms with E-state index in [1.165, 1.54) is 4.31 Å². The molecule has 0 saturated heterocycles. The van der Waals surface area contributed by atoms with E-state index in [0.717, 1.165) is 18.7 Å². The third-order valence-electron chi connectivity index (χ3n) is 3.43. The van der Waals surface area contributed by atoms with Crippen LogP contribution in [0.2, 0.25) is 5.02 Å². The topological polar surface area (TPSA) is 49.4 Å². The van der Waals surface area contributed by atoms with Gasteiger partial charge in [-0.3, -0.25) is 4.31 Å². The number of sulfonamides is 1. The third-order valence-corrected chi connectivity index (χ3v) is 5.51. The molecule has 0 aromatic heterocycles. The molecule has 110 valence electrons. The van der Waals surface area contributed by atoms with Crippen molar-refractivity contribution in [2.24, 2.45) is 0 Å². The Hall–Kier alpha value is -1.72. The zero-order valence-electron chi connectivity index (χ0n) is 11.3. The molecule has 0 spiro atoms. The quantitative estimate of drug-likeness (QED) is 0.922. The Bertz CT molecular complexity index is 745. The van der Waals surface area contributed by atoms with E-state index in [1.807, 2.05) is 24.3 Å². The highest BCUT2D eigenvalue weighted by atomic mass is 35.5. The first kappa shape index (κ1) is 14.2. The lowest BCUT2D eigenvalue weighted by Gasteiger charge is -2.24. The van der Waals surface area contributed by atoms with Crippen molar-refractivity contribution in [3.8, 4) is 0 Å². The summed E-state index contributed by atoms with van der Waals surface area (Å²) in [5.41, 5.74) is 1.53. The molecule has 0 saturated carbocycles. The van der Waals surface area contributed by atoms with Gasteiger partial charge in [0.15, 0.2) is 0 Å². The molecular formula is C15H15ClN2O2S. The summed E-state index contributed by atoms with van der Waals surface area (Å²) in [4.78, 5) is 0.253. The first-order valence-electron chi connectivity index (χ1n) is 6.70. The van der Waals surface area contributed by atoms with Gasteiger partial charge in [0.05, 0.1) is 16.3 Å². The molecule has 0 amide bonds. The molecule has 2 aromatic rings. The van der Waals surface area contributed by atoms with E-state index >= 15 is 0 Å². The van der Waals surface area contributed by atoms with Gasteiger partial charge in [-0.1, -0.05) is 23.7 Å². The van der Waals surface area contributed by atoms with Crippen molar-refractivity contribution in [3.63, 3.8) is 0 Å². The highest BCUT2D eigenvalue weighted by molar-refractivity contribution is 7.92. The van der Waals surface area contributed by atoms with E-state index in [2.05, 4.69) is 5.32 Å². The molecule has 3 rings (SSSR count). The van der Waals surface area contributed by atoms with Crippen LogP contribution in [0, 0.1) is 0 Å². The lowest BCUT2D eigenvalue weighted by molar-refractivity contribution is 0.590. The van der Waals surface area contributed by atoms with Crippen LogP contribution in [0.3, 0.4) is 0 Å². The highest BCUT2D eigenvalue weighted by Crippen LogP contribution is 2.32. The van der Waals surface area contributed by atoms with Crippen molar-refractivity contribution in [1.82, 2.24) is 0 Å². The molecule has 0 unspecified atom stereocenters. The summed E-state index contributed by atoms with van der Waals surface area (Å²) in [6, 6.07) is 13.7. The fourth-order valence-corrected chi connectivity index (χ4v) is 4.04. The predicted molar refractivity (Wildman–Crippen MR) is 85.5 cm³/mol. The number of benzene rings is 2. The first-order chi connectivity index (χ1) is 10.1. The number of halogens is 1. The minimum absolute atomic E-state index is 0.253. The summed E-state index contributed by atoms with van der Waals surface area (Å²) in [6.07, 6.45) is 0.751. The summed E-state index contributed by atoms with van der Waals surface area (Å²) < 4.78 is 27.2. The normalized spacial score (nSPS) is 15.0. The molecule has 0 fully saturated rings. The Morgan fingerprint density at radius 1 is 1.05 bits per heavy atom. The lowest BCUT2D eigenvalue weighted by Crippen LogP contribution is -2.31. The molecule has 0 radical (unpaired) electrons. The van der Waals surface area contributed by atoms with E-state index in [1.54, 1.807) is 24.3 Å². The molecule has 1 heterocycles. The van der Waals surface area contributed by atoms with Crippen molar-refractivity contribution in [2.75, 3.05) is 22.7 Å². The summed E-state index contributed by atoms with van der Waals surface area (Å²) in [6.45, 7) is 1.21. The fraction of sp³-hybridized carbons (Fsp3) is 0.200. The molecule has 0 bridgehead atoms. The second-order valence-electron chi connectivity index (χ2n) is 4.83. The minimum atomic E-state index is -3.58. The summed E-state index contributed by atoms with van der Waals surface area (Å²) in [5.74, 6) is 0. The maximum absolute atomic E-state index is 12.9. The van der Waals surface area contributed by atoms with Crippen LogP contribution in [-0.4, -0.2) is 21.5 Å². The van der Waals surface area contributed by atoms with Crippen LogP contribution in [0.25, 0.3) is 0 Å². The van der Waals surface area contributed by atoms with Gasteiger partial charge in [-0.15, -0.1) is 0 Å². The van der Waals surface area contributed by atoms with E-state index in [0.29, 0.717) is 17.3 Å². The average Bonchev–Trinajstić information content (AvgIpc) is 2.70. The average molecular weight is 323 g/mol. The van der Waals surface area contributed by atoms with Crippen molar-refractivity contribution in [1.29, 1.82) is 0 Å². The monoisotopic (exact) mass is 322 g/mol. The Morgan fingerprint density at radius 2 is 1.76 bits per heavy atom. The number of rotatable bonds is 2. The summed E-state index contributed by atoms with van der Waals surface area (Å²) >= 11 is 5.84. The summed E-state index contributed by atoms with van der Waals surface area (Å²) in [5, 5.41) is 3.78. The number of anilines is 2. The third kappa shape index (κ3) is 2.71. The van der Waals surface area contributed by atoms with Crippen LogP contribution in [0.4, 0.5) is 11.4 Å². The maximum Gasteiger partial charge on any atom is 0.264 e. The molecule has 1 aliphatic rings. The largest absolute Gasteiger partial charge is 0.383 e. The molecule has 1 aliphatic heterocycles. The Morgan fingerprint density at radius 3 is 2.52 bits per heavy atom. The van der Waals surface area contributed by atoms with Crippen LogP contribution < -0.4 is 9.62 Å². The van der Waals surface area contributed by atoms with Crippen LogP contribution in [0.15, 0.2) is 53.4 Å². The lowest BCUT2D eigenvalue weighted by atomic mass is 10.2. The number of hydrogen-bond acceptors (Lipinski definition) is 3. The summed E-state index contributed by atoms with van der Waals surface area (Å²) in [7, 11) is -3.58. The van der Waals surface area contributed by atoms with Crippen molar-refractivity contribution in [3.05, 3.63) is 53.6 Å². The second-order valence-corrected chi connectivity index (χ2v) is 7.13. The van der Waals surface area contributed by atoms with Gasteiger partial charge in [0.2, 0.25) is 0 Å². The number of nitrogens with zero attached hydrogens (tertiary/aromatic N) is 1. The van der Waals surface area contributed by atoms with Crippen LogP contribution >= 0.6 is 11.6 Å². The van der Waals surface area contributed by atoms with Crippen molar-refractivity contribution < 1.29 is 8.42 Å². The van der Waals surface area contributed by atoms with Gasteiger partial charge in [0.25, 0.3) is 10.0 Å². The van der Waals surface area contributed by atoms with Crippen molar-refractivity contribution >= 4 is 33.0 Å². The minimum Gasteiger partial charge on any atom is -0.383 e. The smallest absolute Gasteiger partial charge is 0.264 e. The van der Waals surface area contributed by atoms with Gasteiger partial charge >= 0.3 is 0 Å². The zero-order chi connectivity index (χ0) is 14.9. The zero-order valence-corrected chi connectivity index (χ0v) is 12.9. The maximum atomic E-state index is 12.9. The number of nitrogens with one attached hydrogen (secondary N) is 1. The molecule has 2 aromatic carbocycles. The molecule has 21 heavy (non-hydrogen) atoms. The van der Waals surface area contributed by atoms with Gasteiger partial charge in [-0.25, -0.2) is 8.42 Å². The highest BCUT2D eigenvalue weighted by Gasteiger charge is 2.27. The second kappa shape index (κ2) is 5.58. The fourth-order valence-electron chi connectivity index (χ4n) is 2.39. The van der Waals surface area contributed by atoms with Crippen LogP contribution in [0.1, 0.15) is 6.42 Å². The van der Waals surface area contributed by atoms with Crippen LogP contribution in [0.5, 0.6) is 0 Å². The van der Waals surface area contributed by atoms with Gasteiger partial charge in [0, 0.05) is 18.1 Å². The SMILES string of the molecule is O=S(=O)(c1ccc(Cl)cc1)N1CCCNc2ccccc21. The van der Waals surface area contributed by atoms with Crippen LogP contribution in [-0.2, 0) is 10.0 Å². The van der Waals surface area contributed by atoms with Crippen molar-refractivity contribution in [2.45, 2.75) is 11.3 Å². The predicted octanol–water partition coefficient (Wildman–Crippen LogP) is 3.35. The Balaban J connectivity index is 2.08. The molecule has 6 heteroatoms. The Labute approximate surface area is 129 Å². The molecular weight excluding hydrogens is 308 g/mol. The molecule has 0 atom stereocenters. The number of fused-ring (bicyclic) bond motifs is 1. The number of hydrogen-bond donors (Lipinski definition) is 1. The van der Waals surface area contributed by atoms with Gasteiger partial charge < -0.3 is 5.32 Å². The first-order valence-corrected chi connectivity index (χ1v) is 8.52. The van der Waals surface area contributed by atoms with E-state index in [9.17, 15) is 8.42 Å². The van der Waals surface area contributed by atoms with E-state index in [-0.39, 0.29) is 4.90 Å². The standard InChI is InChI=1S/C15H15ClN2O2S/c16-12-6-8-13(9-7-12)21(19,20)18-11-3-10-17-14-4-1-2-5-15(14)18/h1-2,4-9,17H,3,10-11H2. The molecule has 0 aliphatic carbocycles. The van der Waals surface area contributed by atoms with Gasteiger partial charge in [-0.05, 0) is 42.8 Å². The van der Waals surface area contributed by atoms with Gasteiger partial charge in [0.1, 0.15) is 0 Å². The molecule has 4 nitrogen and oxygen atoms in total.